The van der Waals surface area contributed by atoms with E-state index in [4.69, 9.17) is 15.1 Å². The molecule has 208 valence electrons. The van der Waals surface area contributed by atoms with Crippen LogP contribution in [0.4, 0.5) is 36.1 Å². The number of alkyl halides is 3. The minimum Gasteiger partial charge on any atom is -0.337 e. The van der Waals surface area contributed by atoms with Gasteiger partial charge in [-0.2, -0.15) is 23.0 Å². The molecule has 5 aromatic rings. The minimum atomic E-state index is -4.49. The van der Waals surface area contributed by atoms with Gasteiger partial charge >= 0.3 is 6.18 Å². The van der Waals surface area contributed by atoms with Crippen molar-refractivity contribution in [3.8, 4) is 5.82 Å². The molecule has 2 aliphatic heterocycles. The number of nitrogens with one attached hydrogen (secondary N) is 1. The summed E-state index contributed by atoms with van der Waals surface area (Å²) in [5, 5.41) is 7.98. The number of fused-ring (bicyclic) bond motifs is 4. The van der Waals surface area contributed by atoms with Crippen LogP contribution in [0.2, 0.25) is 0 Å². The maximum absolute atomic E-state index is 13.5. The van der Waals surface area contributed by atoms with Crippen molar-refractivity contribution in [2.75, 3.05) is 10.2 Å². The van der Waals surface area contributed by atoms with Crippen LogP contribution in [0.15, 0.2) is 112 Å². The third-order valence-electron chi connectivity index (χ3n) is 7.12. The lowest BCUT2D eigenvalue weighted by atomic mass is 9.93. The maximum atomic E-state index is 13.5. The summed E-state index contributed by atoms with van der Waals surface area (Å²) in [5.74, 6) is 1.92. The number of benzene rings is 3. The summed E-state index contributed by atoms with van der Waals surface area (Å²) in [7, 11) is 0. The Labute approximate surface area is 247 Å². The third kappa shape index (κ3) is 4.46. The van der Waals surface area contributed by atoms with Gasteiger partial charge in [-0.1, -0.05) is 52.3 Å². The number of rotatable bonds is 3. The second-order valence-corrected chi connectivity index (χ2v) is 10.8. The topological polar surface area (TPSA) is 70.7 Å². The first kappa shape index (κ1) is 26.1. The van der Waals surface area contributed by atoms with Gasteiger partial charge in [-0.25, -0.2) is 15.0 Å². The van der Waals surface area contributed by atoms with Gasteiger partial charge in [0.05, 0.1) is 28.7 Å². The molecule has 2 aliphatic rings. The zero-order valence-corrected chi connectivity index (χ0v) is 23.6. The van der Waals surface area contributed by atoms with E-state index in [1.54, 1.807) is 16.9 Å². The Hall–Kier alpha value is -4.77. The lowest BCUT2D eigenvalue weighted by Gasteiger charge is -2.40. The first-order valence-corrected chi connectivity index (χ1v) is 13.8. The molecule has 0 spiro atoms. The molecule has 0 radical (unpaired) electrons. The number of hydrogen-bond acceptors (Lipinski definition) is 6. The molecule has 7 nitrogen and oxygen atoms in total. The van der Waals surface area contributed by atoms with Gasteiger partial charge in [0.2, 0.25) is 0 Å². The SMILES string of the molecule is Cc1nn(-c2ccccn2)c2c1[C@H](c1cccc(Br)c1)N1C(=N2)C(Nc2cccc(C(F)(F)F)c2)=Nc2ccccc21. The van der Waals surface area contributed by atoms with E-state index < -0.39 is 11.7 Å². The van der Waals surface area contributed by atoms with E-state index in [2.05, 4.69) is 31.1 Å². The summed E-state index contributed by atoms with van der Waals surface area (Å²) in [6, 6.07) is 25.9. The van der Waals surface area contributed by atoms with Crippen LogP contribution in [0.5, 0.6) is 0 Å². The summed E-state index contributed by atoms with van der Waals surface area (Å²) in [5.41, 5.74) is 3.58. The number of aryl methyl sites for hydroxylation is 1. The first-order valence-electron chi connectivity index (χ1n) is 13.0. The van der Waals surface area contributed by atoms with Gasteiger partial charge in [0.15, 0.2) is 23.3 Å². The van der Waals surface area contributed by atoms with Gasteiger partial charge in [0.25, 0.3) is 0 Å². The third-order valence-corrected chi connectivity index (χ3v) is 7.61. The van der Waals surface area contributed by atoms with E-state index >= 15 is 0 Å². The van der Waals surface area contributed by atoms with E-state index in [-0.39, 0.29) is 11.7 Å². The zero-order chi connectivity index (χ0) is 29.0. The van der Waals surface area contributed by atoms with Gasteiger partial charge in [0.1, 0.15) is 0 Å². The zero-order valence-electron chi connectivity index (χ0n) is 22.0. The van der Waals surface area contributed by atoms with Crippen LogP contribution in [0.3, 0.4) is 0 Å². The van der Waals surface area contributed by atoms with Crippen LogP contribution in [-0.4, -0.2) is 26.4 Å². The van der Waals surface area contributed by atoms with Gasteiger partial charge in [0, 0.05) is 21.9 Å². The molecule has 0 saturated heterocycles. The molecule has 3 aromatic carbocycles. The fourth-order valence-corrected chi connectivity index (χ4v) is 5.76. The van der Waals surface area contributed by atoms with E-state index in [0.29, 0.717) is 29.0 Å². The predicted octanol–water partition coefficient (Wildman–Crippen LogP) is 8.15. The number of anilines is 2. The van der Waals surface area contributed by atoms with Crippen molar-refractivity contribution in [2.45, 2.75) is 19.1 Å². The molecule has 42 heavy (non-hydrogen) atoms. The molecule has 2 aromatic heterocycles. The molecule has 0 amide bonds. The average Bonchev–Trinajstić information content (AvgIpc) is 3.32. The highest BCUT2D eigenvalue weighted by Gasteiger charge is 2.41. The van der Waals surface area contributed by atoms with E-state index in [0.717, 1.165) is 39.1 Å². The van der Waals surface area contributed by atoms with Crippen LogP contribution in [0.1, 0.15) is 28.4 Å². The molecule has 0 unspecified atom stereocenters. The Morgan fingerprint density at radius 1 is 0.881 bits per heavy atom. The van der Waals surface area contributed by atoms with Gasteiger partial charge in [-0.3, -0.25) is 0 Å². The molecule has 7 rings (SSSR count). The molecular formula is C31H21BrF3N7. The summed E-state index contributed by atoms with van der Waals surface area (Å²) in [6.07, 6.45) is -2.80. The van der Waals surface area contributed by atoms with Crippen LogP contribution < -0.4 is 10.2 Å². The molecule has 0 aliphatic carbocycles. The predicted molar refractivity (Wildman–Crippen MR) is 160 cm³/mol. The van der Waals surface area contributed by atoms with Crippen LogP contribution in [0.25, 0.3) is 5.82 Å². The lowest BCUT2D eigenvalue weighted by molar-refractivity contribution is -0.137. The average molecular weight is 628 g/mol. The van der Waals surface area contributed by atoms with Gasteiger partial charge in [-0.05, 0) is 67.1 Å². The van der Waals surface area contributed by atoms with Crippen molar-refractivity contribution in [1.29, 1.82) is 0 Å². The van der Waals surface area contributed by atoms with E-state index in [9.17, 15) is 13.2 Å². The highest BCUT2D eigenvalue weighted by molar-refractivity contribution is 9.10. The number of nitrogens with zero attached hydrogens (tertiary/aromatic N) is 6. The van der Waals surface area contributed by atoms with Crippen molar-refractivity contribution < 1.29 is 13.2 Å². The van der Waals surface area contributed by atoms with Gasteiger partial charge < -0.3 is 10.2 Å². The Bertz CT molecular complexity index is 1900. The number of hydrogen-bond donors (Lipinski definition) is 1. The maximum Gasteiger partial charge on any atom is 0.416 e. The van der Waals surface area contributed by atoms with Crippen LogP contribution in [0, 0.1) is 6.92 Å². The molecular weight excluding hydrogens is 607 g/mol. The summed E-state index contributed by atoms with van der Waals surface area (Å²) in [6.45, 7) is 1.94. The molecule has 0 bridgehead atoms. The highest BCUT2D eigenvalue weighted by Crippen LogP contribution is 2.48. The summed E-state index contributed by atoms with van der Waals surface area (Å²) >= 11 is 3.62. The van der Waals surface area contributed by atoms with Crippen molar-refractivity contribution in [1.82, 2.24) is 14.8 Å². The van der Waals surface area contributed by atoms with Crippen molar-refractivity contribution in [3.63, 3.8) is 0 Å². The molecule has 0 fully saturated rings. The Kier molecular flexibility index (Phi) is 6.19. The fraction of sp³-hybridized carbons (Fsp3) is 0.0968. The van der Waals surface area contributed by atoms with Crippen LogP contribution >= 0.6 is 15.9 Å². The number of amidine groups is 2. The Balaban J connectivity index is 1.47. The summed E-state index contributed by atoms with van der Waals surface area (Å²) in [4.78, 5) is 16.5. The minimum absolute atomic E-state index is 0.241. The highest BCUT2D eigenvalue weighted by atomic mass is 79.9. The van der Waals surface area contributed by atoms with Gasteiger partial charge in [-0.15, -0.1) is 0 Å². The Morgan fingerprint density at radius 3 is 2.48 bits per heavy atom. The normalized spacial score (nSPS) is 15.7. The van der Waals surface area contributed by atoms with Crippen molar-refractivity contribution in [2.24, 2.45) is 9.98 Å². The smallest absolute Gasteiger partial charge is 0.337 e. The number of halogens is 4. The lowest BCUT2D eigenvalue weighted by Crippen LogP contribution is -2.46. The molecule has 4 heterocycles. The fourth-order valence-electron chi connectivity index (χ4n) is 5.34. The monoisotopic (exact) mass is 627 g/mol. The molecule has 11 heteroatoms. The largest absolute Gasteiger partial charge is 0.416 e. The second-order valence-electron chi connectivity index (χ2n) is 9.84. The molecule has 1 atom stereocenters. The van der Waals surface area contributed by atoms with Crippen LogP contribution in [-0.2, 0) is 6.18 Å². The number of aromatic nitrogens is 3. The number of para-hydroxylation sites is 2. The standard InChI is InChI=1S/C31H21BrF3N7/c1-18-26-27(19-8-6-10-21(32)16-19)41-24-13-3-2-12-23(24)38-28(37-22-11-7-9-20(17-22)31(33,34)35)30(41)39-29(26)42(40-18)25-14-4-5-15-36-25/h2-17,27H,1H3,(H,37,38)/t27-/m0/s1. The Morgan fingerprint density at radius 2 is 1.69 bits per heavy atom. The number of pyridine rings is 1. The van der Waals surface area contributed by atoms with Crippen molar-refractivity contribution in [3.05, 3.63) is 124 Å². The summed E-state index contributed by atoms with van der Waals surface area (Å²) < 4.78 is 43.2. The molecule has 0 saturated carbocycles. The second kappa shape index (κ2) is 9.95. The number of aliphatic imine (C=N–C) groups is 2. The molecule has 1 N–H and O–H groups in total. The van der Waals surface area contributed by atoms with Crippen molar-refractivity contribution >= 4 is 50.5 Å². The van der Waals surface area contributed by atoms with E-state index in [1.165, 1.54) is 6.07 Å². The first-order chi connectivity index (χ1) is 20.3. The van der Waals surface area contributed by atoms with E-state index in [1.807, 2.05) is 73.7 Å². The quantitative estimate of drug-likeness (QED) is 0.219.